The Morgan fingerprint density at radius 2 is 2.15 bits per heavy atom. The van der Waals surface area contributed by atoms with Gasteiger partial charge in [-0.05, 0) is 63.3 Å². The molecule has 1 fully saturated rings. The van der Waals surface area contributed by atoms with Gasteiger partial charge in [-0.25, -0.2) is 4.79 Å². The van der Waals surface area contributed by atoms with Crippen LogP contribution in [0, 0.1) is 0 Å². The third-order valence-corrected chi connectivity index (χ3v) is 4.95. The monoisotopic (exact) mass is 361 g/mol. The molecule has 0 aliphatic carbocycles. The minimum absolute atomic E-state index is 0.122. The predicted molar refractivity (Wildman–Crippen MR) is 103 cm³/mol. The Bertz CT molecular complexity index is 598. The van der Waals surface area contributed by atoms with Crippen LogP contribution in [0.2, 0.25) is 0 Å². The van der Waals surface area contributed by atoms with Crippen LogP contribution in [0.5, 0.6) is 5.75 Å². The van der Waals surface area contributed by atoms with Gasteiger partial charge in [-0.1, -0.05) is 0 Å². The van der Waals surface area contributed by atoms with E-state index in [4.69, 9.17) is 9.47 Å². The fraction of sp³-hybridized carbons (Fsp3) is 0.650. The van der Waals surface area contributed by atoms with Gasteiger partial charge in [0.25, 0.3) is 0 Å². The zero-order chi connectivity index (χ0) is 18.4. The number of nitrogens with one attached hydrogen (secondary N) is 2. The minimum atomic E-state index is -0.122. The van der Waals surface area contributed by atoms with E-state index in [1.165, 1.54) is 5.56 Å². The number of aryl methyl sites for hydroxylation is 1. The van der Waals surface area contributed by atoms with E-state index >= 15 is 0 Å². The van der Waals surface area contributed by atoms with Crippen molar-refractivity contribution in [2.75, 3.05) is 38.2 Å². The maximum absolute atomic E-state index is 12.3. The van der Waals surface area contributed by atoms with Crippen LogP contribution in [0.15, 0.2) is 18.2 Å². The Balaban J connectivity index is 1.39. The van der Waals surface area contributed by atoms with Crippen LogP contribution >= 0.6 is 0 Å². The Kier molecular flexibility index (Phi) is 6.74. The number of urea groups is 1. The van der Waals surface area contributed by atoms with E-state index < -0.39 is 0 Å². The lowest BCUT2D eigenvalue weighted by molar-refractivity contribution is 0.0530. The number of fused-ring (bicyclic) bond motifs is 1. The number of hydrogen-bond donors (Lipinski definition) is 2. The highest BCUT2D eigenvalue weighted by atomic mass is 16.5. The summed E-state index contributed by atoms with van der Waals surface area (Å²) in [7, 11) is 0. The van der Waals surface area contributed by atoms with E-state index in [1.807, 2.05) is 18.2 Å². The Morgan fingerprint density at radius 1 is 1.35 bits per heavy atom. The lowest BCUT2D eigenvalue weighted by Gasteiger charge is -2.32. The van der Waals surface area contributed by atoms with Gasteiger partial charge in [0.05, 0.1) is 19.3 Å². The summed E-state index contributed by atoms with van der Waals surface area (Å²) < 4.78 is 11.2. The fourth-order valence-electron chi connectivity index (χ4n) is 3.51. The summed E-state index contributed by atoms with van der Waals surface area (Å²) in [5, 5.41) is 6.06. The van der Waals surface area contributed by atoms with Gasteiger partial charge in [0, 0.05) is 31.4 Å². The van der Waals surface area contributed by atoms with E-state index in [9.17, 15) is 4.79 Å². The molecule has 2 heterocycles. The normalized spacial score (nSPS) is 18.3. The standard InChI is InChI=1S/C20H31N3O3/c1-15(2)25-13-11-23-9-7-17(8-10-23)21-20(24)22-18-5-6-19-16(14-18)4-3-12-26-19/h5-6,14-15,17H,3-4,7-13H2,1-2H3,(H2,21,22,24). The molecule has 2 amide bonds. The van der Waals surface area contributed by atoms with Gasteiger partial charge < -0.3 is 25.0 Å². The number of anilines is 1. The number of benzene rings is 1. The summed E-state index contributed by atoms with van der Waals surface area (Å²) in [5.74, 6) is 0.941. The molecule has 0 atom stereocenters. The second-order valence-corrected chi connectivity index (χ2v) is 7.41. The number of hydrogen-bond acceptors (Lipinski definition) is 4. The van der Waals surface area contributed by atoms with Crippen molar-refractivity contribution < 1.29 is 14.3 Å². The molecular weight excluding hydrogens is 330 g/mol. The van der Waals surface area contributed by atoms with Gasteiger partial charge in [-0.3, -0.25) is 0 Å². The number of piperidine rings is 1. The number of carbonyl (C=O) groups is 1. The summed E-state index contributed by atoms with van der Waals surface area (Å²) >= 11 is 0. The maximum Gasteiger partial charge on any atom is 0.319 e. The molecule has 3 rings (SSSR count). The van der Waals surface area contributed by atoms with Crippen LogP contribution in [-0.2, 0) is 11.2 Å². The SMILES string of the molecule is CC(C)OCCN1CCC(NC(=O)Nc2ccc3c(c2)CCCO3)CC1. The van der Waals surface area contributed by atoms with Crippen molar-refractivity contribution in [2.45, 2.75) is 51.7 Å². The third kappa shape index (κ3) is 5.61. The van der Waals surface area contributed by atoms with Crippen LogP contribution in [0.3, 0.4) is 0 Å². The lowest BCUT2D eigenvalue weighted by atomic mass is 10.1. The van der Waals surface area contributed by atoms with Crippen LogP contribution in [0.25, 0.3) is 0 Å². The van der Waals surface area contributed by atoms with Crippen molar-refractivity contribution in [1.82, 2.24) is 10.2 Å². The Morgan fingerprint density at radius 3 is 2.92 bits per heavy atom. The molecule has 0 radical (unpaired) electrons. The number of amides is 2. The second-order valence-electron chi connectivity index (χ2n) is 7.41. The van der Waals surface area contributed by atoms with Crippen molar-refractivity contribution in [3.63, 3.8) is 0 Å². The van der Waals surface area contributed by atoms with E-state index in [1.54, 1.807) is 0 Å². The smallest absolute Gasteiger partial charge is 0.319 e. The van der Waals surface area contributed by atoms with Crippen LogP contribution in [0.4, 0.5) is 10.5 Å². The molecule has 0 bridgehead atoms. The molecule has 0 spiro atoms. The Hall–Kier alpha value is -1.79. The van der Waals surface area contributed by atoms with Crippen molar-refractivity contribution in [3.8, 4) is 5.75 Å². The van der Waals surface area contributed by atoms with Crippen molar-refractivity contribution >= 4 is 11.7 Å². The molecule has 144 valence electrons. The summed E-state index contributed by atoms with van der Waals surface area (Å²) in [5.41, 5.74) is 2.00. The maximum atomic E-state index is 12.3. The van der Waals surface area contributed by atoms with E-state index in [0.29, 0.717) is 0 Å². The molecule has 1 aromatic carbocycles. The molecule has 2 aliphatic heterocycles. The zero-order valence-corrected chi connectivity index (χ0v) is 15.9. The van der Waals surface area contributed by atoms with Gasteiger partial charge in [0.15, 0.2) is 0 Å². The highest BCUT2D eigenvalue weighted by Gasteiger charge is 2.20. The molecule has 1 saturated heterocycles. The van der Waals surface area contributed by atoms with Crippen molar-refractivity contribution in [1.29, 1.82) is 0 Å². The van der Waals surface area contributed by atoms with Crippen LogP contribution in [0.1, 0.15) is 38.7 Å². The van der Waals surface area contributed by atoms with Gasteiger partial charge >= 0.3 is 6.03 Å². The third-order valence-electron chi connectivity index (χ3n) is 4.95. The predicted octanol–water partition coefficient (Wildman–Crippen LogP) is 3.02. The molecule has 0 saturated carbocycles. The van der Waals surface area contributed by atoms with Gasteiger partial charge in [-0.2, -0.15) is 0 Å². The quantitative estimate of drug-likeness (QED) is 0.818. The molecular formula is C20H31N3O3. The second kappa shape index (κ2) is 9.24. The highest BCUT2D eigenvalue weighted by molar-refractivity contribution is 5.89. The number of likely N-dealkylation sites (tertiary alicyclic amines) is 1. The van der Waals surface area contributed by atoms with E-state index in [-0.39, 0.29) is 18.2 Å². The number of nitrogens with zero attached hydrogens (tertiary/aromatic N) is 1. The first-order valence-electron chi connectivity index (χ1n) is 9.77. The largest absolute Gasteiger partial charge is 0.493 e. The Labute approximate surface area is 156 Å². The summed E-state index contributed by atoms with van der Waals surface area (Å²) in [6.45, 7) is 8.65. The van der Waals surface area contributed by atoms with Crippen molar-refractivity contribution in [2.24, 2.45) is 0 Å². The molecule has 1 aromatic rings. The van der Waals surface area contributed by atoms with Gasteiger partial charge in [0.2, 0.25) is 0 Å². The average molecular weight is 361 g/mol. The van der Waals surface area contributed by atoms with Crippen molar-refractivity contribution in [3.05, 3.63) is 23.8 Å². The van der Waals surface area contributed by atoms with Crippen LogP contribution < -0.4 is 15.4 Å². The van der Waals surface area contributed by atoms with E-state index in [2.05, 4.69) is 29.4 Å². The van der Waals surface area contributed by atoms with Gasteiger partial charge in [-0.15, -0.1) is 0 Å². The van der Waals surface area contributed by atoms with E-state index in [0.717, 1.165) is 70.0 Å². The summed E-state index contributed by atoms with van der Waals surface area (Å²) in [6.07, 6.45) is 4.28. The van der Waals surface area contributed by atoms with Crippen LogP contribution in [-0.4, -0.2) is 55.9 Å². The summed E-state index contributed by atoms with van der Waals surface area (Å²) in [4.78, 5) is 14.7. The topological polar surface area (TPSA) is 62.8 Å². The molecule has 0 unspecified atom stereocenters. The first kappa shape index (κ1) is 19.0. The molecule has 2 aliphatic rings. The molecule has 6 nitrogen and oxygen atoms in total. The first-order valence-corrected chi connectivity index (χ1v) is 9.77. The molecule has 26 heavy (non-hydrogen) atoms. The number of rotatable bonds is 6. The lowest BCUT2D eigenvalue weighted by Crippen LogP contribution is -2.46. The fourth-order valence-corrected chi connectivity index (χ4v) is 3.51. The number of ether oxygens (including phenoxy) is 2. The molecule has 0 aromatic heterocycles. The summed E-state index contributed by atoms with van der Waals surface area (Å²) in [6, 6.07) is 5.98. The molecule has 2 N–H and O–H groups in total. The first-order chi connectivity index (χ1) is 12.6. The average Bonchev–Trinajstić information content (AvgIpc) is 2.63. The highest BCUT2D eigenvalue weighted by Crippen LogP contribution is 2.27. The minimum Gasteiger partial charge on any atom is -0.493 e. The number of carbonyl (C=O) groups excluding carboxylic acids is 1. The van der Waals surface area contributed by atoms with Gasteiger partial charge in [0.1, 0.15) is 5.75 Å². The zero-order valence-electron chi connectivity index (χ0n) is 15.9. The molecule has 6 heteroatoms.